The number of carbonyl (C=O) groups excluding carboxylic acids is 1. The minimum atomic E-state index is -1.97. The molecule has 17 unspecified atom stereocenters. The van der Waals surface area contributed by atoms with Gasteiger partial charge in [0.1, 0.15) is 73.2 Å². The molecule has 3 aliphatic heterocycles. The van der Waals surface area contributed by atoms with Crippen LogP contribution < -0.4 is 5.32 Å². The molecule has 19 heteroatoms. The van der Waals surface area contributed by atoms with Crippen LogP contribution >= 0.6 is 0 Å². The minimum absolute atomic E-state index is 0.235. The third kappa shape index (κ3) is 32.4. The quantitative estimate of drug-likeness (QED) is 0.0253. The number of aliphatic hydroxyl groups excluding tert-OH is 11. The Bertz CT molecular complexity index is 1570. The molecule has 12 N–H and O–H groups in total. The van der Waals surface area contributed by atoms with Crippen LogP contribution in [0.2, 0.25) is 0 Å². The highest BCUT2D eigenvalue weighted by Gasteiger charge is 2.53. The summed E-state index contributed by atoms with van der Waals surface area (Å²) in [5, 5.41) is 121. The van der Waals surface area contributed by atoms with Gasteiger partial charge in [-0.25, -0.2) is 0 Å². The van der Waals surface area contributed by atoms with Crippen LogP contribution in [0.5, 0.6) is 0 Å². The third-order valence-electron chi connectivity index (χ3n) is 18.2. The van der Waals surface area contributed by atoms with Crippen molar-refractivity contribution in [3.8, 4) is 0 Å². The van der Waals surface area contributed by atoms with Crippen LogP contribution in [0.3, 0.4) is 0 Å². The van der Waals surface area contributed by atoms with Gasteiger partial charge in [-0.2, -0.15) is 0 Å². The average molecular weight is 1240 g/mol. The largest absolute Gasteiger partial charge is 0.394 e. The first-order valence-corrected chi connectivity index (χ1v) is 35.3. The standard InChI is InChI=1S/C67H129NO18/c1-3-5-7-9-11-13-15-17-19-21-23-24-25-26-27-29-31-33-35-37-39-41-43-45-55(73)68-50(51(72)44-42-40-38-36-34-32-30-28-22-20-18-16-14-12-10-8-6-4-2)49-81-65-61(79)58(76)63(53(47-70)83-65)86-67-62(80)59(77)64(54(48-71)84-67)85-66-60(78)57(75)56(74)52(46-69)82-66/h50-54,56-67,69-72,74-80H,3-49H2,1-2H3,(H,68,73). The fourth-order valence-corrected chi connectivity index (χ4v) is 12.4. The molecule has 0 aromatic rings. The van der Waals surface area contributed by atoms with Crippen molar-refractivity contribution in [1.82, 2.24) is 5.32 Å². The van der Waals surface area contributed by atoms with Gasteiger partial charge in [0, 0.05) is 6.42 Å². The summed E-state index contributed by atoms with van der Waals surface area (Å²) in [5.74, 6) is -0.235. The highest BCUT2D eigenvalue weighted by atomic mass is 16.8. The number of unbranched alkanes of at least 4 members (excludes halogenated alkanes) is 39. The molecular formula is C67H129NO18. The Kier molecular flexibility index (Phi) is 46.3. The van der Waals surface area contributed by atoms with E-state index in [1.54, 1.807) is 0 Å². The van der Waals surface area contributed by atoms with Crippen molar-refractivity contribution < 1.29 is 89.4 Å². The van der Waals surface area contributed by atoms with Crippen LogP contribution in [0.4, 0.5) is 0 Å². The van der Waals surface area contributed by atoms with Crippen LogP contribution in [0.25, 0.3) is 0 Å². The van der Waals surface area contributed by atoms with Crippen LogP contribution in [0.1, 0.15) is 290 Å². The number of hydrogen-bond donors (Lipinski definition) is 12. The van der Waals surface area contributed by atoms with E-state index in [4.69, 9.17) is 28.4 Å². The summed E-state index contributed by atoms with van der Waals surface area (Å²) in [6.07, 6.45) is 26.1. The van der Waals surface area contributed by atoms with Gasteiger partial charge in [-0.05, 0) is 12.8 Å². The topological polar surface area (TPSA) is 307 Å². The monoisotopic (exact) mass is 1240 g/mol. The summed E-state index contributed by atoms with van der Waals surface area (Å²) in [6, 6.07) is -0.881. The van der Waals surface area contributed by atoms with E-state index in [-0.39, 0.29) is 18.9 Å². The van der Waals surface area contributed by atoms with E-state index in [1.165, 1.54) is 212 Å². The summed E-state index contributed by atoms with van der Waals surface area (Å²) < 4.78 is 34.4. The number of ether oxygens (including phenoxy) is 6. The lowest BCUT2D eigenvalue weighted by molar-refractivity contribution is -0.379. The van der Waals surface area contributed by atoms with Crippen LogP contribution in [-0.4, -0.2) is 193 Å². The molecule has 86 heavy (non-hydrogen) atoms. The molecule has 3 rings (SSSR count). The zero-order valence-corrected chi connectivity index (χ0v) is 53.8. The van der Waals surface area contributed by atoms with Gasteiger partial charge in [0.2, 0.25) is 5.91 Å². The van der Waals surface area contributed by atoms with Crippen molar-refractivity contribution >= 4 is 5.91 Å². The average Bonchev–Trinajstić information content (AvgIpc) is 1.83. The van der Waals surface area contributed by atoms with E-state index in [0.29, 0.717) is 12.8 Å². The molecule has 3 saturated heterocycles. The van der Waals surface area contributed by atoms with Crippen LogP contribution in [-0.2, 0) is 33.2 Å². The Morgan fingerprint density at radius 1 is 0.372 bits per heavy atom. The second-order valence-corrected chi connectivity index (χ2v) is 25.7. The smallest absolute Gasteiger partial charge is 0.220 e. The maximum Gasteiger partial charge on any atom is 0.220 e. The molecule has 3 heterocycles. The predicted octanol–water partition coefficient (Wildman–Crippen LogP) is 9.11. The van der Waals surface area contributed by atoms with Crippen molar-refractivity contribution in [2.75, 3.05) is 26.4 Å². The van der Waals surface area contributed by atoms with E-state index >= 15 is 0 Å². The SMILES string of the molecule is CCCCCCCCCCCCCCCCCCCCCCCCCC(=O)NC(COC1OC(CO)C(OC2OC(CO)C(OC3OC(CO)C(O)C(O)C3O)C(O)C2O)C(O)C1O)C(O)CCCCCCCCCCCCCCCCCCCC. The van der Waals surface area contributed by atoms with Crippen LogP contribution in [0, 0.1) is 0 Å². The fraction of sp³-hybridized carbons (Fsp3) is 0.985. The van der Waals surface area contributed by atoms with Crippen molar-refractivity contribution in [3.63, 3.8) is 0 Å². The first-order valence-electron chi connectivity index (χ1n) is 35.3. The van der Waals surface area contributed by atoms with Gasteiger partial charge in [-0.1, -0.05) is 271 Å². The van der Waals surface area contributed by atoms with Gasteiger partial charge in [-0.3, -0.25) is 4.79 Å². The molecule has 0 radical (unpaired) electrons. The van der Waals surface area contributed by atoms with Gasteiger partial charge in [-0.15, -0.1) is 0 Å². The highest BCUT2D eigenvalue weighted by Crippen LogP contribution is 2.33. The lowest BCUT2D eigenvalue weighted by atomic mass is 9.96. The maximum absolute atomic E-state index is 13.4. The lowest BCUT2D eigenvalue weighted by Gasteiger charge is -2.48. The van der Waals surface area contributed by atoms with Gasteiger partial charge in [0.05, 0.1) is 38.6 Å². The first-order chi connectivity index (χ1) is 41.8. The summed E-state index contributed by atoms with van der Waals surface area (Å²) >= 11 is 0. The number of hydrogen-bond acceptors (Lipinski definition) is 18. The zero-order valence-electron chi connectivity index (χ0n) is 53.8. The summed E-state index contributed by atoms with van der Waals surface area (Å²) in [4.78, 5) is 13.4. The fourth-order valence-electron chi connectivity index (χ4n) is 12.4. The molecule has 510 valence electrons. The molecule has 3 fully saturated rings. The van der Waals surface area contributed by atoms with E-state index in [1.807, 2.05) is 0 Å². The summed E-state index contributed by atoms with van der Waals surface area (Å²) in [7, 11) is 0. The van der Waals surface area contributed by atoms with Gasteiger partial charge in [0.25, 0.3) is 0 Å². The molecule has 17 atom stereocenters. The molecule has 1 amide bonds. The van der Waals surface area contributed by atoms with Gasteiger partial charge < -0.3 is 89.9 Å². The van der Waals surface area contributed by atoms with Crippen LogP contribution in [0.15, 0.2) is 0 Å². The summed E-state index contributed by atoms with van der Waals surface area (Å²) in [5.41, 5.74) is 0. The zero-order chi connectivity index (χ0) is 62.6. The number of amides is 1. The van der Waals surface area contributed by atoms with E-state index in [9.17, 15) is 61.0 Å². The molecule has 3 aliphatic rings. The number of rotatable bonds is 55. The lowest BCUT2D eigenvalue weighted by Crippen LogP contribution is -2.66. The Morgan fingerprint density at radius 2 is 0.663 bits per heavy atom. The predicted molar refractivity (Wildman–Crippen MR) is 333 cm³/mol. The van der Waals surface area contributed by atoms with E-state index < -0.39 is 124 Å². The van der Waals surface area contributed by atoms with Crippen molar-refractivity contribution in [3.05, 3.63) is 0 Å². The second-order valence-electron chi connectivity index (χ2n) is 25.7. The highest BCUT2D eigenvalue weighted by molar-refractivity contribution is 5.76. The molecule has 0 spiro atoms. The molecule has 0 saturated carbocycles. The number of nitrogens with one attached hydrogen (secondary N) is 1. The molecule has 0 aromatic heterocycles. The van der Waals surface area contributed by atoms with E-state index in [0.717, 1.165) is 44.9 Å². The van der Waals surface area contributed by atoms with E-state index in [2.05, 4.69) is 19.2 Å². The van der Waals surface area contributed by atoms with Crippen molar-refractivity contribution in [2.24, 2.45) is 0 Å². The Labute approximate surface area is 519 Å². The molecule has 19 nitrogen and oxygen atoms in total. The molecule has 0 aromatic carbocycles. The first kappa shape index (κ1) is 79.0. The maximum atomic E-state index is 13.4. The van der Waals surface area contributed by atoms with Crippen molar-refractivity contribution in [2.45, 2.75) is 394 Å². The number of carbonyl (C=O) groups is 1. The Morgan fingerprint density at radius 3 is 1.01 bits per heavy atom. The third-order valence-corrected chi connectivity index (χ3v) is 18.2. The molecule has 0 bridgehead atoms. The van der Waals surface area contributed by atoms with Gasteiger partial charge >= 0.3 is 0 Å². The molecule has 0 aliphatic carbocycles. The Balaban J connectivity index is 1.42. The minimum Gasteiger partial charge on any atom is -0.394 e. The van der Waals surface area contributed by atoms with Crippen molar-refractivity contribution in [1.29, 1.82) is 0 Å². The second kappa shape index (κ2) is 50.4. The Hall–Kier alpha value is -1.21. The molecular weight excluding hydrogens is 1110 g/mol. The number of aliphatic hydroxyl groups is 11. The van der Waals surface area contributed by atoms with Gasteiger partial charge in [0.15, 0.2) is 18.9 Å². The summed E-state index contributed by atoms with van der Waals surface area (Å²) in [6.45, 7) is 1.85. The normalized spacial score (nSPS) is 28.7.